The highest BCUT2D eigenvalue weighted by Crippen LogP contribution is 2.06. The molecule has 0 aliphatic rings. The van der Waals surface area contributed by atoms with E-state index in [1.165, 1.54) is 7.11 Å². The zero-order valence-electron chi connectivity index (χ0n) is 7.06. The van der Waals surface area contributed by atoms with Gasteiger partial charge in [-0.3, -0.25) is 4.79 Å². The Balaban J connectivity index is 0. The van der Waals surface area contributed by atoms with E-state index in [-0.39, 0.29) is 11.9 Å². The molecule has 2 nitrogen and oxygen atoms in total. The lowest BCUT2D eigenvalue weighted by molar-refractivity contribution is -0.143. The Bertz CT molecular complexity index is 92.4. The first-order valence-corrected chi connectivity index (χ1v) is 5.70. The molecule has 0 unspecified atom stereocenters. The maximum Gasteiger partial charge on any atom is 0.310 e. The standard InChI is InChI=1S/C5H8Br2O2.C2H6/c1-9-5(8)4(2-6)3-7;1-2/h4H,2-3H2,1H3;1-2H3. The number of hydrogen-bond donors (Lipinski definition) is 0. The van der Waals surface area contributed by atoms with Crippen molar-refractivity contribution in [1.29, 1.82) is 0 Å². The van der Waals surface area contributed by atoms with Gasteiger partial charge in [-0.15, -0.1) is 0 Å². The van der Waals surface area contributed by atoms with Crippen LogP contribution in [0.15, 0.2) is 0 Å². The number of hydrogen-bond acceptors (Lipinski definition) is 2. The number of methoxy groups -OCH3 is 1. The highest BCUT2D eigenvalue weighted by Gasteiger charge is 2.14. The van der Waals surface area contributed by atoms with Gasteiger partial charge in [-0.2, -0.15) is 0 Å². The summed E-state index contributed by atoms with van der Waals surface area (Å²) >= 11 is 6.37. The molecule has 4 heteroatoms. The SMILES string of the molecule is CC.COC(=O)C(CBr)CBr. The van der Waals surface area contributed by atoms with Crippen molar-refractivity contribution in [3.05, 3.63) is 0 Å². The topological polar surface area (TPSA) is 26.3 Å². The van der Waals surface area contributed by atoms with Crippen LogP contribution in [0.25, 0.3) is 0 Å². The lowest BCUT2D eigenvalue weighted by Gasteiger charge is -2.05. The average molecular weight is 290 g/mol. The van der Waals surface area contributed by atoms with Crippen LogP contribution in [0, 0.1) is 5.92 Å². The van der Waals surface area contributed by atoms with E-state index in [0.717, 1.165) is 0 Å². The number of esters is 1. The summed E-state index contributed by atoms with van der Waals surface area (Å²) in [6.45, 7) is 4.00. The van der Waals surface area contributed by atoms with E-state index >= 15 is 0 Å². The summed E-state index contributed by atoms with van der Waals surface area (Å²) < 4.78 is 4.50. The van der Waals surface area contributed by atoms with Crippen molar-refractivity contribution in [2.24, 2.45) is 5.92 Å². The Morgan fingerprint density at radius 1 is 1.36 bits per heavy atom. The van der Waals surface area contributed by atoms with Crippen LogP contribution >= 0.6 is 31.9 Å². The van der Waals surface area contributed by atoms with E-state index in [0.29, 0.717) is 10.7 Å². The molecule has 0 saturated heterocycles. The molecule has 0 spiro atoms. The number of carbonyl (C=O) groups excluding carboxylic acids is 1. The molecule has 0 aromatic carbocycles. The molecule has 0 atom stereocenters. The molecule has 0 heterocycles. The lowest BCUT2D eigenvalue weighted by Crippen LogP contribution is -2.18. The van der Waals surface area contributed by atoms with E-state index in [9.17, 15) is 4.79 Å². The molecule has 68 valence electrons. The first kappa shape index (κ1) is 14.0. The Labute approximate surface area is 84.9 Å². The van der Waals surface area contributed by atoms with Crippen LogP contribution in [-0.2, 0) is 9.53 Å². The van der Waals surface area contributed by atoms with Gasteiger partial charge in [0.05, 0.1) is 13.0 Å². The maximum absolute atomic E-state index is 10.7. The Morgan fingerprint density at radius 3 is 1.82 bits per heavy atom. The molecular formula is C7H14Br2O2. The van der Waals surface area contributed by atoms with Crippen LogP contribution in [0.5, 0.6) is 0 Å². The summed E-state index contributed by atoms with van der Waals surface area (Å²) in [6.07, 6.45) is 0. The molecular weight excluding hydrogens is 276 g/mol. The minimum absolute atomic E-state index is 0.0602. The van der Waals surface area contributed by atoms with Crippen molar-refractivity contribution >= 4 is 37.8 Å². The Morgan fingerprint density at radius 2 is 1.73 bits per heavy atom. The van der Waals surface area contributed by atoms with Gasteiger partial charge in [-0.25, -0.2) is 0 Å². The van der Waals surface area contributed by atoms with Gasteiger partial charge in [-0.05, 0) is 0 Å². The minimum atomic E-state index is -0.177. The second kappa shape index (κ2) is 10.4. The van der Waals surface area contributed by atoms with Gasteiger partial charge in [0, 0.05) is 10.7 Å². The van der Waals surface area contributed by atoms with E-state index in [1.807, 2.05) is 13.8 Å². The Hall–Kier alpha value is 0.430. The van der Waals surface area contributed by atoms with E-state index in [2.05, 4.69) is 36.6 Å². The predicted molar refractivity (Wildman–Crippen MR) is 54.4 cm³/mol. The molecule has 0 bridgehead atoms. The fourth-order valence-corrected chi connectivity index (χ4v) is 1.93. The number of halogens is 2. The van der Waals surface area contributed by atoms with Crippen LogP contribution in [0.4, 0.5) is 0 Å². The average Bonchev–Trinajstić information content (AvgIpc) is 2.10. The number of alkyl halides is 2. The van der Waals surface area contributed by atoms with Crippen molar-refractivity contribution in [2.75, 3.05) is 17.8 Å². The second-order valence-electron chi connectivity index (χ2n) is 1.53. The monoisotopic (exact) mass is 288 g/mol. The summed E-state index contributed by atoms with van der Waals surface area (Å²) in [5.41, 5.74) is 0. The van der Waals surface area contributed by atoms with Gasteiger partial charge < -0.3 is 4.74 Å². The molecule has 0 radical (unpaired) electrons. The summed E-state index contributed by atoms with van der Waals surface area (Å²) in [5, 5.41) is 1.29. The van der Waals surface area contributed by atoms with Crippen molar-refractivity contribution in [3.63, 3.8) is 0 Å². The molecule has 0 aromatic rings. The first-order valence-electron chi connectivity index (χ1n) is 3.46. The summed E-state index contributed by atoms with van der Waals surface area (Å²) in [5.74, 6) is -0.237. The molecule has 0 amide bonds. The molecule has 0 rings (SSSR count). The van der Waals surface area contributed by atoms with Gasteiger partial charge in [0.1, 0.15) is 0 Å². The highest BCUT2D eigenvalue weighted by atomic mass is 79.9. The number of carbonyl (C=O) groups is 1. The summed E-state index contributed by atoms with van der Waals surface area (Å²) in [7, 11) is 1.39. The fourth-order valence-electron chi connectivity index (χ4n) is 0.334. The third-order valence-electron chi connectivity index (χ3n) is 0.907. The zero-order chi connectivity index (χ0) is 9.28. The van der Waals surface area contributed by atoms with Gasteiger partial charge >= 0.3 is 5.97 Å². The Kier molecular flexibility index (Phi) is 13.3. The third-order valence-corrected chi connectivity index (χ3v) is 2.47. The largest absolute Gasteiger partial charge is 0.469 e. The summed E-state index contributed by atoms with van der Waals surface area (Å²) in [6, 6.07) is 0. The van der Waals surface area contributed by atoms with Crippen LogP contribution in [0.3, 0.4) is 0 Å². The maximum atomic E-state index is 10.7. The van der Waals surface area contributed by atoms with Crippen molar-refractivity contribution in [2.45, 2.75) is 13.8 Å². The van der Waals surface area contributed by atoms with Crippen LogP contribution in [0.1, 0.15) is 13.8 Å². The normalized spacial score (nSPS) is 8.55. The second-order valence-corrected chi connectivity index (χ2v) is 2.82. The van der Waals surface area contributed by atoms with E-state index in [4.69, 9.17) is 0 Å². The molecule has 11 heavy (non-hydrogen) atoms. The molecule has 0 saturated carbocycles. The minimum Gasteiger partial charge on any atom is -0.469 e. The summed E-state index contributed by atoms with van der Waals surface area (Å²) in [4.78, 5) is 10.7. The predicted octanol–water partition coefficient (Wildman–Crippen LogP) is 2.59. The van der Waals surface area contributed by atoms with Gasteiger partial charge in [0.25, 0.3) is 0 Å². The number of rotatable bonds is 3. The first-order chi connectivity index (χ1) is 5.26. The van der Waals surface area contributed by atoms with Crippen LogP contribution < -0.4 is 0 Å². The lowest BCUT2D eigenvalue weighted by atomic mass is 10.2. The van der Waals surface area contributed by atoms with Crippen molar-refractivity contribution in [1.82, 2.24) is 0 Å². The van der Waals surface area contributed by atoms with E-state index < -0.39 is 0 Å². The van der Waals surface area contributed by atoms with Crippen molar-refractivity contribution in [3.8, 4) is 0 Å². The molecule has 0 aliphatic heterocycles. The van der Waals surface area contributed by atoms with Gasteiger partial charge in [0.15, 0.2) is 0 Å². The van der Waals surface area contributed by atoms with Gasteiger partial charge in [-0.1, -0.05) is 45.7 Å². The van der Waals surface area contributed by atoms with Crippen LogP contribution in [0.2, 0.25) is 0 Å². The van der Waals surface area contributed by atoms with Crippen molar-refractivity contribution < 1.29 is 9.53 Å². The zero-order valence-corrected chi connectivity index (χ0v) is 10.2. The molecule has 0 aliphatic carbocycles. The fraction of sp³-hybridized carbons (Fsp3) is 0.857. The van der Waals surface area contributed by atoms with Crippen LogP contribution in [-0.4, -0.2) is 23.7 Å². The smallest absolute Gasteiger partial charge is 0.310 e. The van der Waals surface area contributed by atoms with Gasteiger partial charge in [0.2, 0.25) is 0 Å². The molecule has 0 N–H and O–H groups in total. The quantitative estimate of drug-likeness (QED) is 0.590. The molecule has 0 aromatic heterocycles. The molecule has 0 fully saturated rings. The highest BCUT2D eigenvalue weighted by molar-refractivity contribution is 9.09. The number of ether oxygens (including phenoxy) is 1. The third kappa shape index (κ3) is 6.81. The van der Waals surface area contributed by atoms with E-state index in [1.54, 1.807) is 0 Å².